The van der Waals surface area contributed by atoms with E-state index >= 15 is 0 Å². The van der Waals surface area contributed by atoms with Crippen molar-refractivity contribution < 1.29 is 104 Å². The number of fused-ring (bicyclic) bond motifs is 3. The molecule has 3 aliphatic heterocycles. The van der Waals surface area contributed by atoms with Gasteiger partial charge in [-0.2, -0.15) is 13.6 Å². The lowest BCUT2D eigenvalue weighted by atomic mass is 9.95. The van der Waals surface area contributed by atoms with Gasteiger partial charge in [-0.25, -0.2) is 38.2 Å². The van der Waals surface area contributed by atoms with Crippen molar-refractivity contribution >= 4 is 82.3 Å². The number of anilines is 3. The first-order valence-corrected chi connectivity index (χ1v) is 29.1. The number of aromatic amines is 2. The molecule has 0 aliphatic carbocycles. The van der Waals surface area contributed by atoms with Gasteiger partial charge in [-0.1, -0.05) is 4.98 Å². The number of phosphoric ester groups is 2. The van der Waals surface area contributed by atoms with Crippen LogP contribution >= 0.6 is 31.1 Å². The van der Waals surface area contributed by atoms with Crippen LogP contribution in [0.4, 0.5) is 17.7 Å². The highest BCUT2D eigenvalue weighted by Crippen LogP contribution is 2.68. The van der Waals surface area contributed by atoms with Crippen molar-refractivity contribution in [1.29, 1.82) is 0 Å². The molecule has 6 aromatic rings. The molecule has 4 unspecified atom stereocenters. The number of hydrogen-bond donors (Lipinski definition) is 12. The molecule has 15 N–H and O–H groups in total. The third-order valence-electron chi connectivity index (χ3n) is 12.8. The number of aliphatic hydroxyl groups is 3. The van der Waals surface area contributed by atoms with E-state index in [4.69, 9.17) is 54.5 Å². The molecule has 9 heterocycles. The lowest BCUT2D eigenvalue weighted by molar-refractivity contribution is -0.745. The number of aromatic nitrogens is 12. The quantitative estimate of drug-likeness (QED) is 0.0237. The molecule has 78 heavy (non-hydrogen) atoms. The van der Waals surface area contributed by atoms with Gasteiger partial charge in [0.25, 0.3) is 17.1 Å². The second kappa shape index (κ2) is 22.1. The molecule has 0 radical (unpaired) electrons. The zero-order valence-corrected chi connectivity index (χ0v) is 44.2. The summed E-state index contributed by atoms with van der Waals surface area (Å²) in [5.74, 6) is -2.92. The monoisotopic (exact) mass is 1190 g/mol. The van der Waals surface area contributed by atoms with Gasteiger partial charge in [0.15, 0.2) is 41.4 Å². The Morgan fingerprint density at radius 2 is 1.31 bits per heavy atom. The largest absolute Gasteiger partial charge is 0.490 e. The van der Waals surface area contributed by atoms with Gasteiger partial charge < -0.3 is 80.3 Å². The predicted octanol–water partition coefficient (Wildman–Crippen LogP) is -3.10. The number of nitrogens with one attached hydrogen (secondary N) is 2. The van der Waals surface area contributed by atoms with E-state index in [-0.39, 0.29) is 64.2 Å². The summed E-state index contributed by atoms with van der Waals surface area (Å²) in [4.78, 5) is 97.1. The van der Waals surface area contributed by atoms with Crippen LogP contribution in [0, 0.1) is 11.8 Å². The second-order valence-electron chi connectivity index (χ2n) is 17.9. The third-order valence-corrected chi connectivity index (χ3v) is 18.5. The molecule has 428 valence electrons. The Kier molecular flexibility index (Phi) is 16.3. The maximum atomic E-state index is 13.9. The lowest BCUT2D eigenvalue weighted by Crippen LogP contribution is -2.45. The van der Waals surface area contributed by atoms with Crippen LogP contribution in [-0.4, -0.2) is 178 Å². The average molecular weight is 1190 g/mol. The average Bonchev–Trinajstić information content (AvgIpc) is 4.39. The summed E-state index contributed by atoms with van der Waals surface area (Å²) in [6.07, 6.45) is -10.8. The molecule has 0 bridgehead atoms. The molecular formula is C36H52N15O23P4+. The summed E-state index contributed by atoms with van der Waals surface area (Å²) in [6.45, 7) is -2.86. The first-order chi connectivity index (χ1) is 36.7. The Balaban J connectivity index is 0.871. The minimum atomic E-state index is -6.15. The number of ether oxygens (including phenoxy) is 5. The highest BCUT2D eigenvalue weighted by atomic mass is 31.3. The Morgan fingerprint density at radius 3 is 1.97 bits per heavy atom. The van der Waals surface area contributed by atoms with Gasteiger partial charge in [-0.3, -0.25) is 46.9 Å². The number of aliphatic hydroxyl groups excluding tert-OH is 3. The summed E-state index contributed by atoms with van der Waals surface area (Å²) >= 11 is 0. The maximum absolute atomic E-state index is 13.9. The standard InChI is InChI=1S/C36H51N15O23P4/c1-48-13-51(29-21(48)31(56)47-36(39)45-29)32-22(52)14(4-5-65-2)16(70-32)6-68-76(59,60)73-78(63,64)74-77(61,62)69-7-17-15(25(66-3)34(71-17)49-11-42-19-26(37)40-10-41-27(19)49)9-75(57,58)67-8-18-23(53)24(54)33(72-18)50-12-43-20-28(50)44-35(38)46-30(20)55/h10-18,22-25,32-34,52-54H,4-9H2,1-3H3,(H11-,37,38,39,40,41,44,45,46,47,55,56,57,58,59,60,61,62,63,64)/p+1/t14-,15-,16-,17-,18-,22-,23-,24-,25-,32-,33-,34-/m1/s1. The molecular weight excluding hydrogens is 1130 g/mol. The van der Waals surface area contributed by atoms with E-state index in [1.807, 2.05) is 0 Å². The number of nitrogens with two attached hydrogens (primary N) is 3. The Labute approximate surface area is 435 Å². The van der Waals surface area contributed by atoms with Crippen molar-refractivity contribution in [3.05, 3.63) is 46.0 Å². The van der Waals surface area contributed by atoms with Gasteiger partial charge in [0.05, 0.1) is 57.9 Å². The van der Waals surface area contributed by atoms with Gasteiger partial charge in [0.2, 0.25) is 17.7 Å². The number of phosphoric acid groups is 3. The van der Waals surface area contributed by atoms with Crippen molar-refractivity contribution in [2.24, 2.45) is 18.9 Å². The van der Waals surface area contributed by atoms with Crippen LogP contribution in [0.5, 0.6) is 0 Å². The van der Waals surface area contributed by atoms with Crippen molar-refractivity contribution in [1.82, 2.24) is 53.6 Å². The molecule has 3 aliphatic rings. The van der Waals surface area contributed by atoms with E-state index in [2.05, 4.69) is 48.5 Å². The first-order valence-electron chi connectivity index (χ1n) is 22.8. The molecule has 3 fully saturated rings. The number of imidazole rings is 3. The summed E-state index contributed by atoms with van der Waals surface area (Å²) in [6, 6.07) is 0. The number of H-pyrrole nitrogens is 2. The molecule has 16 atom stereocenters. The van der Waals surface area contributed by atoms with Crippen molar-refractivity contribution in [2.75, 3.05) is 64.0 Å². The normalized spacial score (nSPS) is 29.8. The second-order valence-corrected chi connectivity index (χ2v) is 24.4. The number of rotatable bonds is 22. The molecule has 38 nitrogen and oxygen atoms in total. The molecule has 9 rings (SSSR count). The summed E-state index contributed by atoms with van der Waals surface area (Å²) in [7, 11) is -18.7. The van der Waals surface area contributed by atoms with E-state index < -0.39 is 141 Å². The zero-order chi connectivity index (χ0) is 56.4. The van der Waals surface area contributed by atoms with Crippen LogP contribution in [0.15, 0.2) is 34.9 Å². The zero-order valence-electron chi connectivity index (χ0n) is 40.6. The molecule has 0 saturated carbocycles. The number of aryl methyl sites for hydroxylation is 1. The number of nitrogen functional groups attached to an aromatic ring is 3. The van der Waals surface area contributed by atoms with Gasteiger partial charge in [-0.15, -0.1) is 0 Å². The maximum Gasteiger partial charge on any atom is 0.490 e. The van der Waals surface area contributed by atoms with Crippen LogP contribution in [0.3, 0.4) is 0 Å². The third kappa shape index (κ3) is 11.7. The van der Waals surface area contributed by atoms with Gasteiger partial charge in [0, 0.05) is 32.7 Å². The predicted molar refractivity (Wildman–Crippen MR) is 256 cm³/mol. The van der Waals surface area contributed by atoms with Crippen molar-refractivity contribution in [3.8, 4) is 0 Å². The smallest absolute Gasteiger partial charge is 0.387 e. The van der Waals surface area contributed by atoms with Crippen LogP contribution in [0.1, 0.15) is 25.1 Å². The van der Waals surface area contributed by atoms with E-state index in [0.717, 1.165) is 17.2 Å². The fourth-order valence-corrected chi connectivity index (χ4v) is 14.4. The SMILES string of the molecule is COCC[C@H]1[C@@H](O)[C@H]([n+]2cn(C)c3c(=O)[nH]c(N)nc32)O[C@@H]1COP(=O)(O)OP(=O)(O)OP(=O)(O)OC[C@H]1O[C@@H](n2cnc3c(N)ncnc32)[C@H](OC)[C@@H]1CP(=O)(O)OC[C@H]1O[C@@H](n2cnc3c(=O)[nH]c(N)nc32)[C@H](O)[C@@H]1O. The summed E-state index contributed by atoms with van der Waals surface area (Å²) in [5.41, 5.74) is 16.0. The van der Waals surface area contributed by atoms with E-state index in [0.29, 0.717) is 0 Å². The van der Waals surface area contributed by atoms with Crippen LogP contribution in [-0.2, 0) is 71.2 Å². The van der Waals surface area contributed by atoms with Gasteiger partial charge in [-0.05, 0) is 6.42 Å². The summed E-state index contributed by atoms with van der Waals surface area (Å²) < 4.78 is 111. The highest BCUT2D eigenvalue weighted by molar-refractivity contribution is 7.66. The molecule has 0 spiro atoms. The molecule has 42 heteroatoms. The fourth-order valence-electron chi connectivity index (χ4n) is 9.38. The fraction of sp³-hybridized carbons (Fsp3) is 0.583. The molecule has 3 saturated heterocycles. The number of nitrogens with zero attached hydrogens (tertiary/aromatic N) is 10. The van der Waals surface area contributed by atoms with E-state index in [1.54, 1.807) is 0 Å². The Bertz CT molecular complexity index is 3530. The first kappa shape index (κ1) is 57.6. The Morgan fingerprint density at radius 1 is 0.705 bits per heavy atom. The highest BCUT2D eigenvalue weighted by Gasteiger charge is 2.53. The van der Waals surface area contributed by atoms with Crippen LogP contribution in [0.2, 0.25) is 0 Å². The van der Waals surface area contributed by atoms with E-state index in [1.165, 1.54) is 47.6 Å². The molecule has 6 aromatic heterocycles. The minimum Gasteiger partial charge on any atom is -0.387 e. The topological polar surface area (TPSA) is 542 Å². The van der Waals surface area contributed by atoms with Crippen molar-refractivity contribution in [2.45, 2.75) is 67.8 Å². The van der Waals surface area contributed by atoms with Crippen molar-refractivity contribution in [3.63, 3.8) is 0 Å². The van der Waals surface area contributed by atoms with Crippen LogP contribution < -0.4 is 32.9 Å². The molecule has 0 aromatic carbocycles. The number of hydrogen-bond acceptors (Lipinski definition) is 28. The van der Waals surface area contributed by atoms with E-state index in [9.17, 15) is 62.7 Å². The van der Waals surface area contributed by atoms with Gasteiger partial charge >= 0.3 is 36.7 Å². The summed E-state index contributed by atoms with van der Waals surface area (Å²) in [5, 5.41) is 33.2. The van der Waals surface area contributed by atoms with Crippen LogP contribution in [0.25, 0.3) is 33.5 Å². The molecule has 0 amide bonds. The minimum absolute atomic E-state index is 0.000275. The lowest BCUT2D eigenvalue weighted by Gasteiger charge is -2.26. The van der Waals surface area contributed by atoms with Gasteiger partial charge in [0.1, 0.15) is 42.4 Å². The Hall–Kier alpha value is -5.11. The number of methoxy groups -OCH3 is 2.